The summed E-state index contributed by atoms with van der Waals surface area (Å²) in [7, 11) is -3.44. The minimum atomic E-state index is -3.44. The molecule has 7 rings (SSSR count). The number of benzene rings is 3. The number of fused-ring (bicyclic) bond motifs is 2. The minimum absolute atomic E-state index is 0.0577. The highest BCUT2D eigenvalue weighted by Crippen LogP contribution is 2.59. The van der Waals surface area contributed by atoms with Gasteiger partial charge in [0.1, 0.15) is 0 Å². The number of nitrogens with zero attached hydrogens (tertiary/aromatic N) is 2. The van der Waals surface area contributed by atoms with Crippen molar-refractivity contribution in [3.05, 3.63) is 65.7 Å². The first-order chi connectivity index (χ1) is 20.1. The van der Waals surface area contributed by atoms with E-state index in [0.29, 0.717) is 29.0 Å². The smallest absolute Gasteiger partial charge is 0.263 e. The lowest BCUT2D eigenvalue weighted by molar-refractivity contribution is -0.148. The molecule has 10 heteroatoms. The fourth-order valence-corrected chi connectivity index (χ4v) is 10.5. The Kier molecular flexibility index (Phi) is 6.13. The van der Waals surface area contributed by atoms with E-state index in [2.05, 4.69) is 5.32 Å². The average Bonchev–Trinajstić information content (AvgIpc) is 3.69. The number of amides is 3. The molecule has 4 aliphatic heterocycles. The zero-order valence-electron chi connectivity index (χ0n) is 23.9. The molecular formula is C32H34FN3O5Si. The van der Waals surface area contributed by atoms with Gasteiger partial charge in [0.2, 0.25) is 14.3 Å². The number of hydrogen-bond donors (Lipinski definition) is 2. The molecular weight excluding hydrogens is 553 g/mol. The van der Waals surface area contributed by atoms with E-state index in [0.717, 1.165) is 29.3 Å². The maximum atomic E-state index is 16.1. The number of hydrogen-bond acceptors (Lipinski definition) is 5. The maximum absolute atomic E-state index is 16.1. The van der Waals surface area contributed by atoms with Crippen LogP contribution in [0.1, 0.15) is 42.1 Å². The number of carbonyl (C=O) groups excluding carboxylic acids is 3. The van der Waals surface area contributed by atoms with E-state index in [9.17, 15) is 19.5 Å². The summed E-state index contributed by atoms with van der Waals surface area (Å²) in [6, 6.07) is 16.6. The van der Waals surface area contributed by atoms with E-state index < -0.39 is 31.6 Å². The molecule has 3 aromatic carbocycles. The number of rotatable bonds is 5. The molecule has 4 aliphatic rings. The van der Waals surface area contributed by atoms with Crippen LogP contribution in [0.15, 0.2) is 54.6 Å². The van der Waals surface area contributed by atoms with Crippen LogP contribution in [-0.2, 0) is 19.9 Å². The van der Waals surface area contributed by atoms with Crippen LogP contribution in [0.3, 0.4) is 0 Å². The fraction of sp³-hybridized carbons (Fsp3) is 0.406. The zero-order valence-corrected chi connectivity index (χ0v) is 24.9. The van der Waals surface area contributed by atoms with E-state index in [4.69, 9.17) is 4.74 Å². The molecule has 2 N–H and O–H groups in total. The lowest BCUT2D eigenvalue weighted by Gasteiger charge is -2.31. The van der Waals surface area contributed by atoms with Gasteiger partial charge in [0.05, 0.1) is 36.4 Å². The number of aliphatic hydroxyl groups is 1. The van der Waals surface area contributed by atoms with Crippen LogP contribution in [0.4, 0.5) is 21.2 Å². The second kappa shape index (κ2) is 9.45. The van der Waals surface area contributed by atoms with Gasteiger partial charge in [0.15, 0.2) is 5.60 Å². The number of ether oxygens (including phenoxy) is 1. The van der Waals surface area contributed by atoms with Gasteiger partial charge >= 0.3 is 0 Å². The summed E-state index contributed by atoms with van der Waals surface area (Å²) in [6.07, 6.45) is 0.677. The first-order valence-electron chi connectivity index (χ1n) is 14.7. The van der Waals surface area contributed by atoms with E-state index in [1.165, 1.54) is 0 Å². The molecule has 218 valence electrons. The third-order valence-corrected chi connectivity index (χ3v) is 12.3. The summed E-state index contributed by atoms with van der Waals surface area (Å²) < 4.78 is 22.7. The van der Waals surface area contributed by atoms with E-state index in [1.807, 2.05) is 49.4 Å². The Morgan fingerprint density at radius 1 is 1.17 bits per heavy atom. The molecule has 8 nitrogen and oxygen atoms in total. The highest BCUT2D eigenvalue weighted by Gasteiger charge is 2.65. The van der Waals surface area contributed by atoms with Gasteiger partial charge in [-0.15, -0.1) is 0 Å². The van der Waals surface area contributed by atoms with Gasteiger partial charge in [0.25, 0.3) is 11.8 Å². The Bertz CT molecular complexity index is 1650. The fourth-order valence-electron chi connectivity index (χ4n) is 8.01. The molecule has 5 atom stereocenters. The van der Waals surface area contributed by atoms with Crippen molar-refractivity contribution >= 4 is 54.0 Å². The first kappa shape index (κ1) is 27.2. The van der Waals surface area contributed by atoms with E-state index >= 15 is 4.11 Å². The quantitative estimate of drug-likeness (QED) is 0.315. The van der Waals surface area contributed by atoms with Crippen molar-refractivity contribution < 1.29 is 28.3 Å². The largest absolute Gasteiger partial charge is 0.394 e. The van der Waals surface area contributed by atoms with Crippen molar-refractivity contribution in [3.8, 4) is 0 Å². The molecule has 0 aromatic heterocycles. The summed E-state index contributed by atoms with van der Waals surface area (Å²) in [6.45, 7) is 5.48. The van der Waals surface area contributed by atoms with Gasteiger partial charge in [0, 0.05) is 40.3 Å². The van der Waals surface area contributed by atoms with Crippen LogP contribution < -0.4 is 10.2 Å². The highest BCUT2D eigenvalue weighted by atomic mass is 28.4. The lowest BCUT2D eigenvalue weighted by atomic mass is 9.82. The molecule has 1 spiro atoms. The summed E-state index contributed by atoms with van der Waals surface area (Å²) >= 11 is 0. The molecule has 0 aliphatic carbocycles. The Balaban J connectivity index is 1.29. The molecule has 42 heavy (non-hydrogen) atoms. The Hall–Kier alpha value is -3.60. The lowest BCUT2D eigenvalue weighted by Crippen LogP contribution is -2.42. The first-order valence-corrected chi connectivity index (χ1v) is 17.6. The molecule has 2 saturated heterocycles. The Labute approximate surface area is 244 Å². The van der Waals surface area contributed by atoms with Crippen LogP contribution in [0, 0.1) is 5.92 Å². The number of halogens is 1. The summed E-state index contributed by atoms with van der Waals surface area (Å²) in [5, 5.41) is 14.6. The van der Waals surface area contributed by atoms with Crippen molar-refractivity contribution in [1.82, 2.24) is 4.90 Å². The van der Waals surface area contributed by atoms with Crippen molar-refractivity contribution in [1.29, 1.82) is 0 Å². The Morgan fingerprint density at radius 3 is 2.67 bits per heavy atom. The van der Waals surface area contributed by atoms with Gasteiger partial charge < -0.3 is 24.2 Å². The summed E-state index contributed by atoms with van der Waals surface area (Å²) in [5.74, 6) is -1.28. The molecule has 2 fully saturated rings. The standard InChI is InChI=1S/C32H34FN3O5Si/c1-18-29(42(2,3)33)26(16-27(38)35-14-6-9-21(35)17-37)41-32(18)23-15-20(12-13-24(23)34-31(32)40)36-25-11-5-8-19-7-4-10-22(28(19)25)30(36)39/h4-5,7-8,10-13,15,18,21,26,29,37H,6,9,14,16-17H2,1-3H3,(H,34,40)/t18-,21-,26+,29-,32+/m0/s1. The van der Waals surface area contributed by atoms with Crippen LogP contribution in [0.2, 0.25) is 18.6 Å². The van der Waals surface area contributed by atoms with E-state index in [1.54, 1.807) is 35.0 Å². The number of nitrogens with one attached hydrogen (secondary N) is 1. The van der Waals surface area contributed by atoms with Crippen LogP contribution >= 0.6 is 0 Å². The number of aliphatic hydroxyl groups excluding tert-OH is 1. The predicted molar refractivity (Wildman–Crippen MR) is 160 cm³/mol. The number of anilines is 3. The van der Waals surface area contributed by atoms with Gasteiger partial charge in [-0.1, -0.05) is 31.2 Å². The SMILES string of the molecule is C[C@H]1[C@H]([Si](C)(C)F)[C@@H](CC(=O)N2CCC[C@H]2CO)O[C@]12C(=O)Nc1ccc(N3C(=O)c4cccc5cccc3c45)cc12. The van der Waals surface area contributed by atoms with Crippen molar-refractivity contribution in [3.63, 3.8) is 0 Å². The second-order valence-corrected chi connectivity index (χ2v) is 16.3. The molecule has 3 aromatic rings. The summed E-state index contributed by atoms with van der Waals surface area (Å²) in [5.41, 5.74) is 0.962. The van der Waals surface area contributed by atoms with Crippen molar-refractivity contribution in [2.75, 3.05) is 23.4 Å². The topological polar surface area (TPSA) is 99.2 Å². The normalized spacial score (nSPS) is 28.3. The molecule has 0 unspecified atom stereocenters. The molecule has 0 bridgehead atoms. The number of likely N-dealkylation sites (tertiary alicyclic amines) is 1. The highest BCUT2D eigenvalue weighted by molar-refractivity contribution is 6.72. The molecule has 0 radical (unpaired) electrons. The predicted octanol–water partition coefficient (Wildman–Crippen LogP) is 5.23. The minimum Gasteiger partial charge on any atom is -0.394 e. The molecule has 4 heterocycles. The third kappa shape index (κ3) is 3.74. The van der Waals surface area contributed by atoms with Crippen molar-refractivity contribution in [2.45, 2.75) is 62.6 Å². The molecule has 0 saturated carbocycles. The third-order valence-electron chi connectivity index (χ3n) is 9.80. The van der Waals surface area contributed by atoms with E-state index in [-0.39, 0.29) is 36.8 Å². The Morgan fingerprint density at radius 2 is 1.93 bits per heavy atom. The van der Waals surface area contributed by atoms with Crippen LogP contribution in [0.5, 0.6) is 0 Å². The maximum Gasteiger partial charge on any atom is 0.263 e. The van der Waals surface area contributed by atoms with Gasteiger partial charge in [-0.05, 0) is 61.7 Å². The van der Waals surface area contributed by atoms with Crippen molar-refractivity contribution in [2.24, 2.45) is 5.92 Å². The monoisotopic (exact) mass is 587 g/mol. The van der Waals surface area contributed by atoms with Gasteiger partial charge in [-0.2, -0.15) is 0 Å². The van der Waals surface area contributed by atoms with Gasteiger partial charge in [-0.25, -0.2) is 0 Å². The molecule has 3 amide bonds. The zero-order chi connectivity index (χ0) is 29.6. The average molecular weight is 588 g/mol. The summed E-state index contributed by atoms with van der Waals surface area (Å²) in [4.78, 5) is 44.2. The second-order valence-electron chi connectivity index (χ2n) is 12.5. The van der Waals surface area contributed by atoms with Gasteiger partial charge in [-0.3, -0.25) is 19.3 Å². The van der Waals surface area contributed by atoms with Crippen LogP contribution in [-0.4, -0.2) is 61.4 Å². The van der Waals surface area contributed by atoms with Crippen LogP contribution in [0.25, 0.3) is 10.8 Å². The number of carbonyl (C=O) groups is 3.